The van der Waals surface area contributed by atoms with Crippen LogP contribution < -0.4 is 15.8 Å². The van der Waals surface area contributed by atoms with E-state index in [1.807, 2.05) is 0 Å². The standard InChI is InChI=1S/C12H14N4O2/c1-8(17)16-11-4-9(14)10(5-15-11)18-7-12(6-13)2-3-12/h4-5H,2-3,7H2,1H3,(H3,14,15,16,17). The average molecular weight is 246 g/mol. The molecule has 18 heavy (non-hydrogen) atoms. The number of carbonyl (C=O) groups is 1. The monoisotopic (exact) mass is 246 g/mol. The number of ether oxygens (including phenoxy) is 1. The number of pyridine rings is 1. The van der Waals surface area contributed by atoms with Gasteiger partial charge in [-0.15, -0.1) is 0 Å². The minimum Gasteiger partial charge on any atom is -0.488 e. The molecule has 0 spiro atoms. The van der Waals surface area contributed by atoms with Crippen molar-refractivity contribution in [3.05, 3.63) is 12.3 Å². The topological polar surface area (TPSA) is 101 Å². The normalized spacial score (nSPS) is 15.6. The summed E-state index contributed by atoms with van der Waals surface area (Å²) in [6.45, 7) is 1.72. The fourth-order valence-corrected chi connectivity index (χ4v) is 1.48. The molecule has 1 fully saturated rings. The Morgan fingerprint density at radius 2 is 2.44 bits per heavy atom. The molecule has 1 aliphatic carbocycles. The second-order valence-electron chi connectivity index (χ2n) is 4.47. The summed E-state index contributed by atoms with van der Waals surface area (Å²) in [6.07, 6.45) is 3.18. The molecule has 1 saturated carbocycles. The summed E-state index contributed by atoms with van der Waals surface area (Å²) < 4.78 is 5.49. The van der Waals surface area contributed by atoms with E-state index in [1.54, 1.807) is 0 Å². The summed E-state index contributed by atoms with van der Waals surface area (Å²) >= 11 is 0. The fraction of sp³-hybridized carbons (Fsp3) is 0.417. The third-order valence-electron chi connectivity index (χ3n) is 2.80. The molecule has 6 heteroatoms. The SMILES string of the molecule is CC(=O)Nc1cc(N)c(OCC2(C#N)CC2)cn1. The van der Waals surface area contributed by atoms with Crippen LogP contribution in [0.25, 0.3) is 0 Å². The molecule has 0 unspecified atom stereocenters. The van der Waals surface area contributed by atoms with Gasteiger partial charge in [0, 0.05) is 13.0 Å². The van der Waals surface area contributed by atoms with Gasteiger partial charge in [0.25, 0.3) is 0 Å². The Balaban J connectivity index is 2.01. The zero-order chi connectivity index (χ0) is 13.2. The van der Waals surface area contributed by atoms with Crippen molar-refractivity contribution < 1.29 is 9.53 Å². The van der Waals surface area contributed by atoms with Crippen LogP contribution in [0, 0.1) is 16.7 Å². The van der Waals surface area contributed by atoms with Crippen molar-refractivity contribution in [1.29, 1.82) is 5.26 Å². The van der Waals surface area contributed by atoms with Crippen molar-refractivity contribution >= 4 is 17.4 Å². The number of rotatable bonds is 4. The maximum Gasteiger partial charge on any atom is 0.222 e. The highest BCUT2D eigenvalue weighted by Gasteiger charge is 2.44. The number of aromatic nitrogens is 1. The number of amides is 1. The van der Waals surface area contributed by atoms with Crippen LogP contribution in [-0.2, 0) is 4.79 Å². The molecule has 1 aromatic rings. The smallest absolute Gasteiger partial charge is 0.222 e. The Kier molecular flexibility index (Phi) is 3.06. The molecule has 1 aromatic heterocycles. The first-order chi connectivity index (χ1) is 8.54. The Morgan fingerprint density at radius 1 is 1.72 bits per heavy atom. The molecule has 1 heterocycles. The second-order valence-corrected chi connectivity index (χ2v) is 4.47. The molecule has 2 rings (SSSR count). The molecular formula is C12H14N4O2. The third-order valence-corrected chi connectivity index (χ3v) is 2.80. The number of nitrogen functional groups attached to an aromatic ring is 1. The summed E-state index contributed by atoms with van der Waals surface area (Å²) in [5.74, 6) is 0.608. The fourth-order valence-electron chi connectivity index (χ4n) is 1.48. The molecule has 0 saturated heterocycles. The van der Waals surface area contributed by atoms with Gasteiger partial charge in [0.15, 0.2) is 5.75 Å². The van der Waals surface area contributed by atoms with Crippen molar-refractivity contribution in [3.8, 4) is 11.8 Å². The summed E-state index contributed by atoms with van der Waals surface area (Å²) in [4.78, 5) is 14.9. The van der Waals surface area contributed by atoms with E-state index in [1.165, 1.54) is 19.2 Å². The van der Waals surface area contributed by atoms with Gasteiger partial charge < -0.3 is 15.8 Å². The molecule has 0 bridgehead atoms. The summed E-state index contributed by atoms with van der Waals surface area (Å²) in [5.41, 5.74) is 5.84. The van der Waals surface area contributed by atoms with Gasteiger partial charge in [-0.2, -0.15) is 5.26 Å². The molecule has 1 aliphatic rings. The molecular weight excluding hydrogens is 232 g/mol. The van der Waals surface area contributed by atoms with Gasteiger partial charge in [0.05, 0.1) is 23.4 Å². The number of hydrogen-bond acceptors (Lipinski definition) is 5. The maximum atomic E-state index is 10.9. The molecule has 0 atom stereocenters. The first kappa shape index (κ1) is 12.2. The van der Waals surface area contributed by atoms with Crippen LogP contribution >= 0.6 is 0 Å². The number of nitrogens with zero attached hydrogens (tertiary/aromatic N) is 2. The number of nitrogens with two attached hydrogens (primary N) is 1. The molecule has 0 aliphatic heterocycles. The van der Waals surface area contributed by atoms with Crippen molar-refractivity contribution in [2.24, 2.45) is 5.41 Å². The van der Waals surface area contributed by atoms with Crippen LogP contribution in [0.15, 0.2) is 12.3 Å². The average Bonchev–Trinajstić information content (AvgIpc) is 3.08. The number of nitrogens with one attached hydrogen (secondary N) is 1. The number of hydrogen-bond donors (Lipinski definition) is 2. The molecule has 1 amide bonds. The zero-order valence-electron chi connectivity index (χ0n) is 10.1. The first-order valence-electron chi connectivity index (χ1n) is 5.62. The molecule has 0 radical (unpaired) electrons. The largest absolute Gasteiger partial charge is 0.488 e. The van der Waals surface area contributed by atoms with Crippen LogP contribution in [0.1, 0.15) is 19.8 Å². The van der Waals surface area contributed by atoms with E-state index >= 15 is 0 Å². The van der Waals surface area contributed by atoms with Crippen LogP contribution in [0.2, 0.25) is 0 Å². The minimum absolute atomic E-state index is 0.211. The van der Waals surface area contributed by atoms with Gasteiger partial charge in [-0.25, -0.2) is 4.98 Å². The third kappa shape index (κ3) is 2.69. The van der Waals surface area contributed by atoms with Crippen LogP contribution in [0.3, 0.4) is 0 Å². The van der Waals surface area contributed by atoms with Gasteiger partial charge in [-0.1, -0.05) is 0 Å². The van der Waals surface area contributed by atoms with Crippen molar-refractivity contribution in [3.63, 3.8) is 0 Å². The Hall–Kier alpha value is -2.29. The predicted molar refractivity (Wildman–Crippen MR) is 65.7 cm³/mol. The first-order valence-corrected chi connectivity index (χ1v) is 5.62. The van der Waals surface area contributed by atoms with E-state index in [9.17, 15) is 4.79 Å². The lowest BCUT2D eigenvalue weighted by Crippen LogP contribution is -2.12. The lowest BCUT2D eigenvalue weighted by Gasteiger charge is -2.11. The van der Waals surface area contributed by atoms with Crippen LogP contribution in [0.4, 0.5) is 11.5 Å². The molecule has 3 N–H and O–H groups in total. The highest BCUT2D eigenvalue weighted by molar-refractivity contribution is 5.88. The predicted octanol–water partition coefficient (Wildman–Crippen LogP) is 1.30. The van der Waals surface area contributed by atoms with Crippen LogP contribution in [-0.4, -0.2) is 17.5 Å². The highest BCUT2D eigenvalue weighted by atomic mass is 16.5. The minimum atomic E-state index is -0.344. The van der Waals surface area contributed by atoms with Gasteiger partial charge >= 0.3 is 0 Å². The van der Waals surface area contributed by atoms with Gasteiger partial charge in [0.2, 0.25) is 5.91 Å². The van der Waals surface area contributed by atoms with E-state index in [-0.39, 0.29) is 11.3 Å². The summed E-state index contributed by atoms with van der Waals surface area (Å²) in [6, 6.07) is 3.77. The van der Waals surface area contributed by atoms with E-state index in [0.717, 1.165) is 12.8 Å². The van der Waals surface area contributed by atoms with E-state index < -0.39 is 0 Å². The number of nitriles is 1. The van der Waals surface area contributed by atoms with Crippen molar-refractivity contribution in [1.82, 2.24) is 4.98 Å². The molecule has 6 nitrogen and oxygen atoms in total. The van der Waals surface area contributed by atoms with Gasteiger partial charge in [-0.3, -0.25) is 4.79 Å². The Labute approximate surface area is 105 Å². The Bertz CT molecular complexity index is 517. The van der Waals surface area contributed by atoms with E-state index in [0.29, 0.717) is 23.9 Å². The lowest BCUT2D eigenvalue weighted by atomic mass is 10.1. The van der Waals surface area contributed by atoms with Crippen LogP contribution in [0.5, 0.6) is 5.75 Å². The summed E-state index contributed by atoms with van der Waals surface area (Å²) in [5, 5.41) is 11.5. The van der Waals surface area contributed by atoms with E-state index in [2.05, 4.69) is 16.4 Å². The lowest BCUT2D eigenvalue weighted by molar-refractivity contribution is -0.114. The number of carbonyl (C=O) groups excluding carboxylic acids is 1. The van der Waals surface area contributed by atoms with Gasteiger partial charge in [-0.05, 0) is 12.8 Å². The number of anilines is 2. The quantitative estimate of drug-likeness (QED) is 0.833. The molecule has 94 valence electrons. The molecule has 0 aromatic carbocycles. The highest BCUT2D eigenvalue weighted by Crippen LogP contribution is 2.45. The van der Waals surface area contributed by atoms with Crippen molar-refractivity contribution in [2.45, 2.75) is 19.8 Å². The second kappa shape index (κ2) is 4.53. The Morgan fingerprint density at radius 3 is 2.94 bits per heavy atom. The maximum absolute atomic E-state index is 10.9. The van der Waals surface area contributed by atoms with Crippen molar-refractivity contribution in [2.75, 3.05) is 17.7 Å². The van der Waals surface area contributed by atoms with E-state index in [4.69, 9.17) is 15.7 Å². The zero-order valence-corrected chi connectivity index (χ0v) is 10.1. The van der Waals surface area contributed by atoms with Gasteiger partial charge in [0.1, 0.15) is 12.4 Å². The summed E-state index contributed by atoms with van der Waals surface area (Å²) in [7, 11) is 0.